The SMILES string of the molecule is COC(=O)CCNC(=O)CCc1ccc(C)cc1. The van der Waals surface area contributed by atoms with Gasteiger partial charge in [-0.15, -0.1) is 0 Å². The van der Waals surface area contributed by atoms with Crippen LogP contribution < -0.4 is 5.32 Å². The van der Waals surface area contributed by atoms with Crippen LogP contribution in [0.15, 0.2) is 24.3 Å². The van der Waals surface area contributed by atoms with E-state index in [1.54, 1.807) is 0 Å². The van der Waals surface area contributed by atoms with Crippen molar-refractivity contribution in [3.05, 3.63) is 35.4 Å². The summed E-state index contributed by atoms with van der Waals surface area (Å²) in [5, 5.41) is 2.69. The first kappa shape index (κ1) is 14.2. The predicted molar refractivity (Wildman–Crippen MR) is 69.1 cm³/mol. The Labute approximate surface area is 107 Å². The molecular weight excluding hydrogens is 230 g/mol. The van der Waals surface area contributed by atoms with Crippen LogP contribution in [0.1, 0.15) is 24.0 Å². The van der Waals surface area contributed by atoms with E-state index in [9.17, 15) is 9.59 Å². The molecule has 0 fully saturated rings. The molecule has 1 amide bonds. The molecule has 0 atom stereocenters. The van der Waals surface area contributed by atoms with E-state index in [-0.39, 0.29) is 18.3 Å². The minimum atomic E-state index is -0.311. The van der Waals surface area contributed by atoms with Gasteiger partial charge >= 0.3 is 5.97 Å². The monoisotopic (exact) mass is 249 g/mol. The average Bonchev–Trinajstić information content (AvgIpc) is 2.38. The number of ether oxygens (including phenoxy) is 1. The van der Waals surface area contributed by atoms with Crippen molar-refractivity contribution in [2.24, 2.45) is 0 Å². The second-order valence-electron chi connectivity index (χ2n) is 4.16. The normalized spacial score (nSPS) is 9.89. The van der Waals surface area contributed by atoms with Gasteiger partial charge in [-0.2, -0.15) is 0 Å². The molecule has 0 aromatic heterocycles. The Hall–Kier alpha value is -1.84. The van der Waals surface area contributed by atoms with Crippen LogP contribution in [0.3, 0.4) is 0 Å². The van der Waals surface area contributed by atoms with E-state index in [1.807, 2.05) is 31.2 Å². The fraction of sp³-hybridized carbons (Fsp3) is 0.429. The van der Waals surface area contributed by atoms with Crippen molar-refractivity contribution in [2.75, 3.05) is 13.7 Å². The van der Waals surface area contributed by atoms with Gasteiger partial charge in [-0.3, -0.25) is 9.59 Å². The summed E-state index contributed by atoms with van der Waals surface area (Å²) < 4.78 is 4.48. The van der Waals surface area contributed by atoms with Crippen molar-refractivity contribution >= 4 is 11.9 Å². The van der Waals surface area contributed by atoms with Crippen LogP contribution in [0.2, 0.25) is 0 Å². The third-order valence-corrected chi connectivity index (χ3v) is 2.64. The highest BCUT2D eigenvalue weighted by Crippen LogP contribution is 2.05. The first-order valence-corrected chi connectivity index (χ1v) is 6.01. The van der Waals surface area contributed by atoms with Crippen LogP contribution >= 0.6 is 0 Å². The fourth-order valence-electron chi connectivity index (χ4n) is 1.51. The number of hydrogen-bond donors (Lipinski definition) is 1. The quantitative estimate of drug-likeness (QED) is 0.779. The van der Waals surface area contributed by atoms with E-state index in [0.29, 0.717) is 19.4 Å². The van der Waals surface area contributed by atoms with Crippen molar-refractivity contribution in [2.45, 2.75) is 26.2 Å². The number of amides is 1. The summed E-state index contributed by atoms with van der Waals surface area (Å²) in [5.41, 5.74) is 2.35. The first-order chi connectivity index (χ1) is 8.61. The van der Waals surface area contributed by atoms with Crippen LogP contribution in [-0.4, -0.2) is 25.5 Å². The maximum atomic E-state index is 11.5. The number of aryl methyl sites for hydroxylation is 2. The van der Waals surface area contributed by atoms with E-state index >= 15 is 0 Å². The second-order valence-corrected chi connectivity index (χ2v) is 4.16. The molecule has 0 unspecified atom stereocenters. The molecule has 0 spiro atoms. The number of methoxy groups -OCH3 is 1. The van der Waals surface area contributed by atoms with Gasteiger partial charge in [-0.25, -0.2) is 0 Å². The number of hydrogen-bond acceptors (Lipinski definition) is 3. The number of rotatable bonds is 6. The lowest BCUT2D eigenvalue weighted by Gasteiger charge is -2.05. The smallest absolute Gasteiger partial charge is 0.307 e. The Balaban J connectivity index is 2.21. The molecule has 0 aliphatic heterocycles. The van der Waals surface area contributed by atoms with Crippen molar-refractivity contribution in [3.8, 4) is 0 Å². The molecule has 1 aromatic rings. The molecule has 18 heavy (non-hydrogen) atoms. The minimum absolute atomic E-state index is 0.0421. The van der Waals surface area contributed by atoms with E-state index < -0.39 is 0 Å². The van der Waals surface area contributed by atoms with E-state index in [2.05, 4.69) is 10.1 Å². The van der Waals surface area contributed by atoms with Gasteiger partial charge in [-0.1, -0.05) is 29.8 Å². The molecule has 98 valence electrons. The molecule has 0 aliphatic carbocycles. The van der Waals surface area contributed by atoms with Crippen LogP contribution in [-0.2, 0) is 20.7 Å². The molecule has 1 aromatic carbocycles. The molecule has 0 saturated heterocycles. The molecule has 0 heterocycles. The summed E-state index contributed by atoms with van der Waals surface area (Å²) in [7, 11) is 1.33. The zero-order valence-corrected chi connectivity index (χ0v) is 10.9. The van der Waals surface area contributed by atoms with E-state index in [4.69, 9.17) is 0 Å². The Morgan fingerprint density at radius 2 is 1.83 bits per heavy atom. The van der Waals surface area contributed by atoms with E-state index in [0.717, 1.165) is 5.56 Å². The van der Waals surface area contributed by atoms with Crippen molar-refractivity contribution in [1.29, 1.82) is 0 Å². The Morgan fingerprint density at radius 3 is 2.44 bits per heavy atom. The molecule has 4 nitrogen and oxygen atoms in total. The number of carbonyl (C=O) groups excluding carboxylic acids is 2. The summed E-state index contributed by atoms with van der Waals surface area (Å²) in [4.78, 5) is 22.3. The van der Waals surface area contributed by atoms with Crippen LogP contribution in [0.5, 0.6) is 0 Å². The highest BCUT2D eigenvalue weighted by atomic mass is 16.5. The predicted octanol–water partition coefficient (Wildman–Crippen LogP) is 1.61. The van der Waals surface area contributed by atoms with Gasteiger partial charge in [0.1, 0.15) is 0 Å². The Bertz CT molecular complexity index is 398. The average molecular weight is 249 g/mol. The third kappa shape index (κ3) is 5.48. The van der Waals surface area contributed by atoms with Gasteiger partial charge in [0.25, 0.3) is 0 Å². The van der Waals surface area contributed by atoms with Gasteiger partial charge in [-0.05, 0) is 18.9 Å². The Kier molecular flexibility index (Phi) is 5.91. The summed E-state index contributed by atoms with van der Waals surface area (Å²) in [5.74, 6) is -0.353. The summed E-state index contributed by atoms with van der Waals surface area (Å²) in [6, 6.07) is 8.11. The molecule has 1 rings (SSSR count). The first-order valence-electron chi connectivity index (χ1n) is 6.01. The van der Waals surface area contributed by atoms with Crippen molar-refractivity contribution < 1.29 is 14.3 Å². The molecule has 0 aliphatic rings. The highest BCUT2D eigenvalue weighted by molar-refractivity contribution is 5.77. The topological polar surface area (TPSA) is 55.4 Å². The van der Waals surface area contributed by atoms with Gasteiger partial charge in [0.15, 0.2) is 0 Å². The molecule has 1 N–H and O–H groups in total. The lowest BCUT2D eigenvalue weighted by molar-refractivity contribution is -0.140. The number of benzene rings is 1. The molecule has 0 radical (unpaired) electrons. The van der Waals surface area contributed by atoms with Crippen LogP contribution in [0.25, 0.3) is 0 Å². The standard InChI is InChI=1S/C14H19NO3/c1-11-3-5-12(6-4-11)7-8-13(16)15-10-9-14(17)18-2/h3-6H,7-10H2,1-2H3,(H,15,16). The largest absolute Gasteiger partial charge is 0.469 e. The molecule has 0 bridgehead atoms. The van der Waals surface area contributed by atoms with Crippen LogP contribution in [0, 0.1) is 6.92 Å². The molecule has 0 saturated carbocycles. The van der Waals surface area contributed by atoms with Crippen LogP contribution in [0.4, 0.5) is 0 Å². The lowest BCUT2D eigenvalue weighted by atomic mass is 10.1. The van der Waals surface area contributed by atoms with E-state index in [1.165, 1.54) is 12.7 Å². The Morgan fingerprint density at radius 1 is 1.17 bits per heavy atom. The van der Waals surface area contributed by atoms with Crippen molar-refractivity contribution in [3.63, 3.8) is 0 Å². The summed E-state index contributed by atoms with van der Waals surface area (Å²) in [6.07, 6.45) is 1.36. The summed E-state index contributed by atoms with van der Waals surface area (Å²) >= 11 is 0. The highest BCUT2D eigenvalue weighted by Gasteiger charge is 2.04. The molecular formula is C14H19NO3. The zero-order chi connectivity index (χ0) is 13.4. The third-order valence-electron chi connectivity index (χ3n) is 2.64. The lowest BCUT2D eigenvalue weighted by Crippen LogP contribution is -2.26. The molecule has 4 heteroatoms. The number of esters is 1. The summed E-state index contributed by atoms with van der Waals surface area (Å²) in [6.45, 7) is 2.36. The number of nitrogens with one attached hydrogen (secondary N) is 1. The minimum Gasteiger partial charge on any atom is -0.469 e. The van der Waals surface area contributed by atoms with Gasteiger partial charge in [0.2, 0.25) is 5.91 Å². The number of carbonyl (C=O) groups is 2. The van der Waals surface area contributed by atoms with Crippen molar-refractivity contribution in [1.82, 2.24) is 5.32 Å². The maximum Gasteiger partial charge on any atom is 0.307 e. The fourth-order valence-corrected chi connectivity index (χ4v) is 1.51. The zero-order valence-electron chi connectivity index (χ0n) is 10.9. The second kappa shape index (κ2) is 7.48. The maximum absolute atomic E-state index is 11.5. The van der Waals surface area contributed by atoms with Gasteiger partial charge < -0.3 is 10.1 Å². The van der Waals surface area contributed by atoms with Gasteiger partial charge in [0.05, 0.1) is 13.5 Å². The van der Waals surface area contributed by atoms with Gasteiger partial charge in [0, 0.05) is 13.0 Å².